The number of fused-ring (bicyclic) bond motifs is 1. The van der Waals surface area contributed by atoms with Gasteiger partial charge in [-0.3, -0.25) is 9.52 Å². The lowest BCUT2D eigenvalue weighted by molar-refractivity contribution is 0.0707. The Balaban J connectivity index is 1.35. The number of carbonyl (C=O) groups excluding carboxylic acids is 1. The molecule has 0 bridgehead atoms. The first-order valence-corrected chi connectivity index (χ1v) is 13.2. The maximum atomic E-state index is 13.9. The number of nitrogens with zero attached hydrogens (tertiary/aromatic N) is 2. The van der Waals surface area contributed by atoms with Crippen LogP contribution in [0.15, 0.2) is 77.7 Å². The number of benzene rings is 3. The zero-order valence-corrected chi connectivity index (χ0v) is 19.8. The van der Waals surface area contributed by atoms with Crippen molar-refractivity contribution >= 4 is 43.2 Å². The van der Waals surface area contributed by atoms with Crippen molar-refractivity contribution in [2.24, 2.45) is 0 Å². The lowest BCUT2D eigenvalue weighted by atomic mass is 9.98. The van der Waals surface area contributed by atoms with Crippen LogP contribution in [0.2, 0.25) is 0 Å². The number of nitrogens with one attached hydrogen (secondary N) is 1. The number of amides is 1. The SMILES string of the molecule is O=C(c1cccc(S(=O)(=O)Nc2ccccc2F)c1)N1CCCC(c2nc3ccccc3s2)C1. The van der Waals surface area contributed by atoms with Crippen LogP contribution in [-0.2, 0) is 10.0 Å². The van der Waals surface area contributed by atoms with Crippen molar-refractivity contribution < 1.29 is 17.6 Å². The second kappa shape index (κ2) is 9.15. The molecule has 1 atom stereocenters. The molecule has 1 aromatic heterocycles. The number of thiazole rings is 1. The fourth-order valence-corrected chi connectivity index (χ4v) is 6.36. The molecule has 1 fully saturated rings. The monoisotopic (exact) mass is 495 g/mol. The van der Waals surface area contributed by atoms with Gasteiger partial charge in [0.05, 0.1) is 25.8 Å². The standard InChI is InChI=1S/C25H22FN3O3S2/c26-20-10-1-2-11-21(20)28-34(31,32)19-9-5-7-17(15-19)25(30)29-14-6-8-18(16-29)24-27-22-12-3-4-13-23(22)33-24/h1-5,7,9-13,15,18,28H,6,8,14,16H2. The number of carbonyl (C=O) groups is 1. The second-order valence-electron chi connectivity index (χ2n) is 8.22. The third-order valence-corrected chi connectivity index (χ3v) is 8.44. The Hall–Kier alpha value is -3.30. The van der Waals surface area contributed by atoms with Crippen molar-refractivity contribution in [2.75, 3.05) is 17.8 Å². The van der Waals surface area contributed by atoms with Gasteiger partial charge < -0.3 is 4.90 Å². The van der Waals surface area contributed by atoms with Crippen LogP contribution in [0.4, 0.5) is 10.1 Å². The minimum Gasteiger partial charge on any atom is -0.338 e. The van der Waals surface area contributed by atoms with Crippen molar-refractivity contribution in [2.45, 2.75) is 23.7 Å². The van der Waals surface area contributed by atoms with Gasteiger partial charge in [0.1, 0.15) is 5.82 Å². The average Bonchev–Trinajstić information content (AvgIpc) is 3.30. The Morgan fingerprint density at radius 2 is 1.85 bits per heavy atom. The normalized spacial score (nSPS) is 16.5. The molecule has 1 amide bonds. The summed E-state index contributed by atoms with van der Waals surface area (Å²) < 4.78 is 43.0. The summed E-state index contributed by atoms with van der Waals surface area (Å²) in [5.74, 6) is -0.758. The van der Waals surface area contributed by atoms with E-state index in [1.165, 1.54) is 36.4 Å². The summed E-state index contributed by atoms with van der Waals surface area (Å²) in [7, 11) is -4.06. The maximum absolute atomic E-state index is 13.9. The number of halogens is 1. The van der Waals surface area contributed by atoms with Crippen molar-refractivity contribution in [3.05, 3.63) is 89.2 Å². The molecule has 34 heavy (non-hydrogen) atoms. The van der Waals surface area contributed by atoms with Crippen molar-refractivity contribution in [1.29, 1.82) is 0 Å². The summed E-state index contributed by atoms with van der Waals surface area (Å²) in [4.78, 5) is 19.7. The van der Waals surface area contributed by atoms with Gasteiger partial charge >= 0.3 is 0 Å². The molecule has 6 nitrogen and oxygen atoms in total. The summed E-state index contributed by atoms with van der Waals surface area (Å²) in [6, 6.07) is 19.4. The Bertz CT molecular complexity index is 1440. The predicted octanol–water partition coefficient (Wildman–Crippen LogP) is 5.26. The summed E-state index contributed by atoms with van der Waals surface area (Å²) in [5.41, 5.74) is 1.10. The molecule has 0 saturated carbocycles. The van der Waals surface area contributed by atoms with Gasteiger partial charge in [-0.1, -0.05) is 30.3 Å². The average molecular weight is 496 g/mol. The molecule has 0 radical (unpaired) electrons. The van der Waals surface area contributed by atoms with Crippen LogP contribution >= 0.6 is 11.3 Å². The minimum atomic E-state index is -4.06. The van der Waals surface area contributed by atoms with Gasteiger partial charge in [-0.2, -0.15) is 0 Å². The molecule has 4 aromatic rings. The van der Waals surface area contributed by atoms with E-state index in [0.29, 0.717) is 13.1 Å². The van der Waals surface area contributed by atoms with Gasteiger partial charge in [0, 0.05) is 24.6 Å². The Labute approximate surface area is 201 Å². The number of sulfonamides is 1. The van der Waals surface area contributed by atoms with E-state index in [1.54, 1.807) is 28.4 Å². The molecular formula is C25H22FN3O3S2. The zero-order valence-electron chi connectivity index (χ0n) is 18.1. The van der Waals surface area contributed by atoms with Crippen molar-refractivity contribution in [3.63, 3.8) is 0 Å². The van der Waals surface area contributed by atoms with E-state index in [2.05, 4.69) is 4.72 Å². The highest BCUT2D eigenvalue weighted by molar-refractivity contribution is 7.92. The smallest absolute Gasteiger partial charge is 0.262 e. The number of hydrogen-bond donors (Lipinski definition) is 1. The molecule has 1 saturated heterocycles. The topological polar surface area (TPSA) is 79.4 Å². The van der Waals surface area contributed by atoms with E-state index < -0.39 is 15.8 Å². The van der Waals surface area contributed by atoms with Crippen molar-refractivity contribution in [3.8, 4) is 0 Å². The molecule has 0 aliphatic carbocycles. The highest BCUT2D eigenvalue weighted by atomic mass is 32.2. The molecule has 9 heteroatoms. The molecule has 3 aromatic carbocycles. The van der Waals surface area contributed by atoms with Crippen LogP contribution in [0.5, 0.6) is 0 Å². The summed E-state index contributed by atoms with van der Waals surface area (Å²) in [6.45, 7) is 1.13. The van der Waals surface area contributed by atoms with Crippen LogP contribution in [-0.4, -0.2) is 37.3 Å². The van der Waals surface area contributed by atoms with Crippen LogP contribution in [0.25, 0.3) is 10.2 Å². The molecule has 1 aliphatic heterocycles. The van der Waals surface area contributed by atoms with E-state index in [1.807, 2.05) is 24.3 Å². The van der Waals surface area contributed by atoms with Gasteiger partial charge in [0.15, 0.2) is 0 Å². The number of anilines is 1. The molecule has 0 spiro atoms. The van der Waals surface area contributed by atoms with Gasteiger partial charge in [0.25, 0.3) is 15.9 Å². The highest BCUT2D eigenvalue weighted by Crippen LogP contribution is 2.33. The Morgan fingerprint density at radius 1 is 1.06 bits per heavy atom. The largest absolute Gasteiger partial charge is 0.338 e. The van der Waals surface area contributed by atoms with Gasteiger partial charge in [0.2, 0.25) is 0 Å². The minimum absolute atomic E-state index is 0.0960. The summed E-state index contributed by atoms with van der Waals surface area (Å²) in [6.07, 6.45) is 1.80. The van der Waals surface area contributed by atoms with E-state index in [-0.39, 0.29) is 28.0 Å². The fraction of sp³-hybridized carbons (Fsp3) is 0.200. The summed E-state index contributed by atoms with van der Waals surface area (Å²) in [5, 5.41) is 1.02. The molecule has 174 valence electrons. The van der Waals surface area contributed by atoms with Gasteiger partial charge in [-0.25, -0.2) is 17.8 Å². The number of hydrogen-bond acceptors (Lipinski definition) is 5. The first-order valence-electron chi connectivity index (χ1n) is 10.9. The van der Waals surface area contributed by atoms with E-state index in [0.717, 1.165) is 28.1 Å². The van der Waals surface area contributed by atoms with Crippen LogP contribution < -0.4 is 4.72 Å². The zero-order chi connectivity index (χ0) is 23.7. The molecule has 2 heterocycles. The van der Waals surface area contributed by atoms with E-state index in [9.17, 15) is 17.6 Å². The molecule has 1 aliphatic rings. The lowest BCUT2D eigenvalue weighted by Gasteiger charge is -2.32. The molecule has 5 rings (SSSR count). The van der Waals surface area contributed by atoms with Crippen LogP contribution in [0, 0.1) is 5.82 Å². The number of aromatic nitrogens is 1. The van der Waals surface area contributed by atoms with Crippen LogP contribution in [0.3, 0.4) is 0 Å². The molecular weight excluding hydrogens is 473 g/mol. The second-order valence-corrected chi connectivity index (χ2v) is 11.0. The number of rotatable bonds is 5. The van der Waals surface area contributed by atoms with Crippen molar-refractivity contribution in [1.82, 2.24) is 9.88 Å². The predicted molar refractivity (Wildman–Crippen MR) is 131 cm³/mol. The van der Waals surface area contributed by atoms with Crippen LogP contribution in [0.1, 0.15) is 34.1 Å². The highest BCUT2D eigenvalue weighted by Gasteiger charge is 2.28. The number of likely N-dealkylation sites (tertiary alicyclic amines) is 1. The van der Waals surface area contributed by atoms with E-state index >= 15 is 0 Å². The third kappa shape index (κ3) is 4.53. The number of para-hydroxylation sites is 2. The third-order valence-electron chi connectivity index (χ3n) is 5.88. The maximum Gasteiger partial charge on any atom is 0.262 e. The van der Waals surface area contributed by atoms with Gasteiger partial charge in [-0.05, 0) is 55.3 Å². The quantitative estimate of drug-likeness (QED) is 0.410. The first-order chi connectivity index (χ1) is 16.4. The summed E-state index contributed by atoms with van der Waals surface area (Å²) >= 11 is 1.65. The van der Waals surface area contributed by atoms with E-state index in [4.69, 9.17) is 4.98 Å². The molecule has 1 unspecified atom stereocenters. The Kier molecular flexibility index (Phi) is 6.05. The van der Waals surface area contributed by atoms with Gasteiger partial charge in [-0.15, -0.1) is 11.3 Å². The number of piperidine rings is 1. The molecule has 1 N–H and O–H groups in total. The lowest BCUT2D eigenvalue weighted by Crippen LogP contribution is -2.39. The fourth-order valence-electron chi connectivity index (χ4n) is 4.15. The first kappa shape index (κ1) is 22.5. The Morgan fingerprint density at radius 3 is 2.68 bits per heavy atom.